The van der Waals surface area contributed by atoms with Crippen molar-refractivity contribution in [3.05, 3.63) is 10.8 Å². The maximum atomic E-state index is 10.5. The SMILES string of the molecule is N.O=S(=O)(O)CCCCCCC1COc2cscc2O1. The zero-order valence-electron chi connectivity index (χ0n) is 11.3. The van der Waals surface area contributed by atoms with Crippen LogP contribution < -0.4 is 15.6 Å². The van der Waals surface area contributed by atoms with Crippen molar-refractivity contribution < 1.29 is 22.4 Å². The summed E-state index contributed by atoms with van der Waals surface area (Å²) >= 11 is 1.56. The van der Waals surface area contributed by atoms with Crippen LogP contribution in [0.25, 0.3) is 0 Å². The number of ether oxygens (including phenoxy) is 2. The Balaban J connectivity index is 0.00000200. The van der Waals surface area contributed by atoms with Crippen LogP contribution in [0.5, 0.6) is 11.5 Å². The minimum Gasteiger partial charge on any atom is -0.485 e. The minimum atomic E-state index is -3.80. The van der Waals surface area contributed by atoms with E-state index in [9.17, 15) is 8.42 Å². The van der Waals surface area contributed by atoms with Gasteiger partial charge in [-0.05, 0) is 19.3 Å². The predicted molar refractivity (Wildman–Crippen MR) is 78.8 cm³/mol. The number of thiophene rings is 1. The second-order valence-corrected chi connectivity index (χ2v) is 6.96. The topological polar surface area (TPSA) is 108 Å². The molecule has 1 atom stereocenters. The first-order valence-corrected chi connectivity index (χ1v) is 8.90. The molecule has 8 heteroatoms. The van der Waals surface area contributed by atoms with E-state index in [0.717, 1.165) is 37.2 Å². The molecule has 2 heterocycles. The normalized spacial score (nSPS) is 17.6. The zero-order chi connectivity index (χ0) is 13.7. The van der Waals surface area contributed by atoms with Gasteiger partial charge in [0.25, 0.3) is 10.1 Å². The number of fused-ring (bicyclic) bond motifs is 1. The lowest BCUT2D eigenvalue weighted by molar-refractivity contribution is 0.0842. The summed E-state index contributed by atoms with van der Waals surface area (Å²) in [5.41, 5.74) is 0. The molecule has 0 saturated carbocycles. The van der Waals surface area contributed by atoms with Crippen molar-refractivity contribution in [1.29, 1.82) is 0 Å². The molecule has 0 aliphatic carbocycles. The third-order valence-electron chi connectivity index (χ3n) is 2.99. The van der Waals surface area contributed by atoms with Crippen molar-refractivity contribution >= 4 is 21.5 Å². The number of hydrogen-bond acceptors (Lipinski definition) is 6. The molecular weight excluding hydrogens is 302 g/mol. The molecule has 0 bridgehead atoms. The van der Waals surface area contributed by atoms with Gasteiger partial charge in [0.15, 0.2) is 11.5 Å². The van der Waals surface area contributed by atoms with Crippen molar-refractivity contribution in [2.75, 3.05) is 12.4 Å². The van der Waals surface area contributed by atoms with Crippen LogP contribution in [-0.2, 0) is 10.1 Å². The van der Waals surface area contributed by atoms with Gasteiger partial charge in [-0.3, -0.25) is 4.55 Å². The van der Waals surface area contributed by atoms with Crippen molar-refractivity contribution in [3.63, 3.8) is 0 Å². The molecule has 2 rings (SSSR count). The molecule has 20 heavy (non-hydrogen) atoms. The Morgan fingerprint density at radius 3 is 2.65 bits per heavy atom. The Bertz CT molecular complexity index is 500. The molecule has 0 radical (unpaired) electrons. The Hall–Kier alpha value is -0.830. The van der Waals surface area contributed by atoms with E-state index in [2.05, 4.69) is 0 Å². The fraction of sp³-hybridized carbons (Fsp3) is 0.667. The molecule has 1 aliphatic rings. The monoisotopic (exact) mass is 323 g/mol. The van der Waals surface area contributed by atoms with Crippen molar-refractivity contribution in [2.45, 2.75) is 38.2 Å². The smallest absolute Gasteiger partial charge is 0.264 e. The summed E-state index contributed by atoms with van der Waals surface area (Å²) in [5.74, 6) is 1.51. The van der Waals surface area contributed by atoms with Crippen molar-refractivity contribution in [2.24, 2.45) is 0 Å². The van der Waals surface area contributed by atoms with Gasteiger partial charge in [-0.2, -0.15) is 8.42 Å². The molecule has 1 aliphatic heterocycles. The number of rotatable bonds is 7. The van der Waals surface area contributed by atoms with Crippen LogP contribution in [0.1, 0.15) is 32.1 Å². The van der Waals surface area contributed by atoms with E-state index >= 15 is 0 Å². The number of unbranched alkanes of at least 4 members (excludes halogenated alkanes) is 3. The summed E-state index contributed by atoms with van der Waals surface area (Å²) in [6.45, 7) is 0.578. The van der Waals surface area contributed by atoms with Gasteiger partial charge in [0.05, 0.1) is 5.75 Å². The van der Waals surface area contributed by atoms with Crippen LogP contribution >= 0.6 is 11.3 Å². The van der Waals surface area contributed by atoms with Gasteiger partial charge >= 0.3 is 0 Å². The molecule has 4 N–H and O–H groups in total. The van der Waals surface area contributed by atoms with Gasteiger partial charge in [0.2, 0.25) is 0 Å². The molecule has 1 aromatic rings. The van der Waals surface area contributed by atoms with Crippen LogP contribution in [0.3, 0.4) is 0 Å². The van der Waals surface area contributed by atoms with Gasteiger partial charge in [0, 0.05) is 10.8 Å². The van der Waals surface area contributed by atoms with Crippen LogP contribution in [0.4, 0.5) is 0 Å². The summed E-state index contributed by atoms with van der Waals surface area (Å²) in [6, 6.07) is 0. The van der Waals surface area contributed by atoms with Gasteiger partial charge in [0.1, 0.15) is 12.7 Å². The largest absolute Gasteiger partial charge is 0.485 e. The molecule has 0 saturated heterocycles. The maximum Gasteiger partial charge on any atom is 0.264 e. The highest BCUT2D eigenvalue weighted by Crippen LogP contribution is 2.36. The fourth-order valence-corrected chi connectivity index (χ4v) is 3.25. The van der Waals surface area contributed by atoms with E-state index in [4.69, 9.17) is 14.0 Å². The standard InChI is InChI=1S/C12H18O5S2.H3N/c13-19(14,15)6-4-2-1-3-5-10-7-16-11-8-18-9-12(11)17-10;/h8-10H,1-7H2,(H,13,14,15);1H3. The van der Waals surface area contributed by atoms with E-state index in [1.54, 1.807) is 11.3 Å². The molecule has 1 unspecified atom stereocenters. The lowest BCUT2D eigenvalue weighted by Gasteiger charge is -2.24. The Morgan fingerprint density at radius 1 is 1.20 bits per heavy atom. The van der Waals surface area contributed by atoms with E-state index in [1.807, 2.05) is 10.8 Å². The van der Waals surface area contributed by atoms with Gasteiger partial charge < -0.3 is 15.6 Å². The summed E-state index contributed by atoms with van der Waals surface area (Å²) < 4.78 is 41.0. The Morgan fingerprint density at radius 2 is 1.90 bits per heavy atom. The first-order valence-electron chi connectivity index (χ1n) is 6.35. The van der Waals surface area contributed by atoms with Crippen molar-refractivity contribution in [1.82, 2.24) is 6.15 Å². The summed E-state index contributed by atoms with van der Waals surface area (Å²) in [4.78, 5) is 0. The molecule has 0 amide bonds. The molecule has 0 aromatic carbocycles. The summed E-state index contributed by atoms with van der Waals surface area (Å²) in [5, 5.41) is 3.87. The average Bonchev–Trinajstić information content (AvgIpc) is 2.79. The Labute approximate surface area is 123 Å². The van der Waals surface area contributed by atoms with Crippen LogP contribution in [0.15, 0.2) is 10.8 Å². The lowest BCUT2D eigenvalue weighted by Crippen LogP contribution is -2.28. The van der Waals surface area contributed by atoms with E-state index in [-0.39, 0.29) is 18.0 Å². The van der Waals surface area contributed by atoms with E-state index in [1.165, 1.54) is 0 Å². The highest BCUT2D eigenvalue weighted by molar-refractivity contribution is 7.85. The second kappa shape index (κ2) is 7.82. The Kier molecular flexibility index (Phi) is 6.74. The van der Waals surface area contributed by atoms with Crippen molar-refractivity contribution in [3.8, 4) is 11.5 Å². The summed E-state index contributed by atoms with van der Waals surface area (Å²) in [6.07, 6.45) is 4.21. The van der Waals surface area contributed by atoms with Gasteiger partial charge in [-0.1, -0.05) is 12.8 Å². The molecule has 6 nitrogen and oxygen atoms in total. The van der Waals surface area contributed by atoms with Gasteiger partial charge in [-0.15, -0.1) is 11.3 Å². The van der Waals surface area contributed by atoms with Crippen LogP contribution in [0, 0.1) is 0 Å². The lowest BCUT2D eigenvalue weighted by atomic mass is 10.1. The van der Waals surface area contributed by atoms with Crippen LogP contribution in [0.2, 0.25) is 0 Å². The molecule has 116 valence electrons. The molecule has 0 spiro atoms. The maximum absolute atomic E-state index is 10.5. The second-order valence-electron chi connectivity index (χ2n) is 4.64. The fourth-order valence-electron chi connectivity index (χ4n) is 2.01. The van der Waals surface area contributed by atoms with E-state index in [0.29, 0.717) is 13.0 Å². The first kappa shape index (κ1) is 17.2. The zero-order valence-corrected chi connectivity index (χ0v) is 12.9. The third kappa shape index (κ3) is 5.66. The number of hydrogen-bond donors (Lipinski definition) is 2. The average molecular weight is 323 g/mol. The highest BCUT2D eigenvalue weighted by atomic mass is 32.2. The predicted octanol–water partition coefficient (Wildman–Crippen LogP) is 2.89. The minimum absolute atomic E-state index is 0. The highest BCUT2D eigenvalue weighted by Gasteiger charge is 2.20. The quantitative estimate of drug-likeness (QED) is 0.590. The first-order chi connectivity index (χ1) is 9.04. The molecular formula is C12H21NO5S2. The van der Waals surface area contributed by atoms with Gasteiger partial charge in [-0.25, -0.2) is 0 Å². The third-order valence-corrected chi connectivity index (χ3v) is 4.49. The van der Waals surface area contributed by atoms with Crippen LogP contribution in [-0.4, -0.2) is 31.4 Å². The van der Waals surface area contributed by atoms with E-state index < -0.39 is 10.1 Å². The molecule has 0 fully saturated rings. The molecule has 1 aromatic heterocycles. The summed E-state index contributed by atoms with van der Waals surface area (Å²) in [7, 11) is -3.80.